The van der Waals surface area contributed by atoms with Crippen LogP contribution >= 0.6 is 0 Å². The summed E-state index contributed by atoms with van der Waals surface area (Å²) in [6, 6.07) is 5.54. The molecule has 3 nitrogen and oxygen atoms in total. The van der Waals surface area contributed by atoms with Gasteiger partial charge in [0, 0.05) is 13.6 Å². The molecule has 17 heavy (non-hydrogen) atoms. The number of aryl methyl sites for hydroxylation is 1. The zero-order chi connectivity index (χ0) is 13.2. The zero-order valence-electron chi connectivity index (χ0n) is 11.2. The van der Waals surface area contributed by atoms with Gasteiger partial charge in [-0.2, -0.15) is 0 Å². The Morgan fingerprint density at radius 2 is 1.94 bits per heavy atom. The Bertz CT molecular complexity index is 419. The number of anilines is 1. The zero-order valence-corrected chi connectivity index (χ0v) is 11.2. The third-order valence-corrected chi connectivity index (χ3v) is 2.51. The van der Waals surface area contributed by atoms with Crippen LogP contribution in [0, 0.1) is 12.3 Å². The minimum Gasteiger partial charge on any atom is -0.478 e. The van der Waals surface area contributed by atoms with Gasteiger partial charge in [0.05, 0.1) is 11.3 Å². The van der Waals surface area contributed by atoms with Crippen LogP contribution in [0.3, 0.4) is 0 Å². The van der Waals surface area contributed by atoms with E-state index in [2.05, 4.69) is 20.8 Å². The van der Waals surface area contributed by atoms with Crippen molar-refractivity contribution < 1.29 is 9.90 Å². The summed E-state index contributed by atoms with van der Waals surface area (Å²) in [7, 11) is 1.93. The maximum Gasteiger partial charge on any atom is 0.337 e. The van der Waals surface area contributed by atoms with Gasteiger partial charge < -0.3 is 10.0 Å². The van der Waals surface area contributed by atoms with Crippen molar-refractivity contribution in [1.82, 2.24) is 0 Å². The first-order valence-corrected chi connectivity index (χ1v) is 5.76. The molecular weight excluding hydrogens is 214 g/mol. The molecule has 3 heteroatoms. The number of carboxylic acids is 1. The van der Waals surface area contributed by atoms with Crippen LogP contribution in [0.4, 0.5) is 5.69 Å². The second-order valence-corrected chi connectivity index (χ2v) is 5.74. The molecule has 1 N–H and O–H groups in total. The molecule has 0 heterocycles. The van der Waals surface area contributed by atoms with Crippen LogP contribution in [-0.4, -0.2) is 24.7 Å². The first-order valence-electron chi connectivity index (χ1n) is 5.76. The maximum absolute atomic E-state index is 11.2. The molecule has 0 fully saturated rings. The highest BCUT2D eigenvalue weighted by Gasteiger charge is 2.18. The number of carbonyl (C=O) groups is 1. The van der Waals surface area contributed by atoms with Crippen LogP contribution in [0.15, 0.2) is 18.2 Å². The van der Waals surface area contributed by atoms with E-state index in [0.717, 1.165) is 17.8 Å². The van der Waals surface area contributed by atoms with Gasteiger partial charge in [0.1, 0.15) is 0 Å². The quantitative estimate of drug-likeness (QED) is 0.874. The fourth-order valence-electron chi connectivity index (χ4n) is 1.95. The molecule has 0 saturated carbocycles. The lowest BCUT2D eigenvalue weighted by atomic mass is 9.95. The second-order valence-electron chi connectivity index (χ2n) is 5.74. The SMILES string of the molecule is Cc1ccc(N(C)CC(C)(C)C)c(C(=O)O)c1. The van der Waals surface area contributed by atoms with Gasteiger partial charge in [0.25, 0.3) is 0 Å². The van der Waals surface area contributed by atoms with Crippen molar-refractivity contribution in [3.63, 3.8) is 0 Å². The number of aromatic carboxylic acids is 1. The smallest absolute Gasteiger partial charge is 0.337 e. The molecule has 0 radical (unpaired) electrons. The summed E-state index contributed by atoms with van der Waals surface area (Å²) in [6.45, 7) is 9.13. The molecule has 0 aliphatic carbocycles. The molecular formula is C14H21NO2. The maximum atomic E-state index is 11.2. The minimum absolute atomic E-state index is 0.134. The van der Waals surface area contributed by atoms with Crippen molar-refractivity contribution in [3.8, 4) is 0 Å². The summed E-state index contributed by atoms with van der Waals surface area (Å²) < 4.78 is 0. The number of hydrogen-bond acceptors (Lipinski definition) is 2. The average Bonchev–Trinajstić information content (AvgIpc) is 2.14. The van der Waals surface area contributed by atoms with Gasteiger partial charge in [-0.1, -0.05) is 32.4 Å². The molecule has 0 saturated heterocycles. The third kappa shape index (κ3) is 3.77. The summed E-state index contributed by atoms with van der Waals surface area (Å²) in [5, 5.41) is 9.21. The van der Waals surface area contributed by atoms with E-state index in [1.165, 1.54) is 0 Å². The van der Waals surface area contributed by atoms with Crippen LogP contribution < -0.4 is 4.90 Å². The third-order valence-electron chi connectivity index (χ3n) is 2.51. The van der Waals surface area contributed by atoms with Gasteiger partial charge in [-0.15, -0.1) is 0 Å². The molecule has 0 aliphatic rings. The predicted molar refractivity (Wildman–Crippen MR) is 70.9 cm³/mol. The van der Waals surface area contributed by atoms with Crippen LogP contribution in [-0.2, 0) is 0 Å². The Kier molecular flexibility index (Phi) is 3.81. The molecule has 1 aromatic rings. The largest absolute Gasteiger partial charge is 0.478 e. The van der Waals surface area contributed by atoms with E-state index in [0.29, 0.717) is 5.56 Å². The number of rotatable bonds is 3. The highest BCUT2D eigenvalue weighted by molar-refractivity contribution is 5.94. The highest BCUT2D eigenvalue weighted by atomic mass is 16.4. The first kappa shape index (κ1) is 13.6. The van der Waals surface area contributed by atoms with Crippen molar-refractivity contribution in [2.24, 2.45) is 5.41 Å². The van der Waals surface area contributed by atoms with E-state index in [-0.39, 0.29) is 5.41 Å². The lowest BCUT2D eigenvalue weighted by Gasteiger charge is -2.29. The van der Waals surface area contributed by atoms with Crippen LogP contribution in [0.25, 0.3) is 0 Å². The average molecular weight is 235 g/mol. The molecule has 0 aliphatic heterocycles. The fourth-order valence-corrected chi connectivity index (χ4v) is 1.95. The fraction of sp³-hybridized carbons (Fsp3) is 0.500. The van der Waals surface area contributed by atoms with Crippen molar-refractivity contribution >= 4 is 11.7 Å². The molecule has 0 amide bonds. The summed E-state index contributed by atoms with van der Waals surface area (Å²) in [6.07, 6.45) is 0. The lowest BCUT2D eigenvalue weighted by Crippen LogP contribution is -2.30. The Balaban J connectivity index is 3.09. The highest BCUT2D eigenvalue weighted by Crippen LogP contribution is 2.24. The Labute approximate surface area is 103 Å². The van der Waals surface area contributed by atoms with Crippen molar-refractivity contribution in [2.45, 2.75) is 27.7 Å². The summed E-state index contributed by atoms with van der Waals surface area (Å²) in [5.41, 5.74) is 2.25. The molecule has 0 aromatic heterocycles. The van der Waals surface area contributed by atoms with Crippen LogP contribution in [0.1, 0.15) is 36.7 Å². The monoisotopic (exact) mass is 235 g/mol. The van der Waals surface area contributed by atoms with Crippen molar-refractivity contribution in [2.75, 3.05) is 18.5 Å². The van der Waals surface area contributed by atoms with E-state index >= 15 is 0 Å². The van der Waals surface area contributed by atoms with E-state index in [9.17, 15) is 9.90 Å². The standard InChI is InChI=1S/C14H21NO2/c1-10-6-7-12(11(8-10)13(16)17)15(5)9-14(2,3)4/h6-8H,9H2,1-5H3,(H,16,17). The number of benzene rings is 1. The molecule has 1 aromatic carbocycles. The van der Waals surface area contributed by atoms with Gasteiger partial charge in [0.2, 0.25) is 0 Å². The topological polar surface area (TPSA) is 40.5 Å². The minimum atomic E-state index is -0.871. The van der Waals surface area contributed by atoms with Crippen LogP contribution in [0.2, 0.25) is 0 Å². The van der Waals surface area contributed by atoms with E-state index < -0.39 is 5.97 Å². The Morgan fingerprint density at radius 1 is 1.35 bits per heavy atom. The normalized spacial score (nSPS) is 11.4. The van der Waals surface area contributed by atoms with Gasteiger partial charge in [-0.25, -0.2) is 4.79 Å². The summed E-state index contributed by atoms with van der Waals surface area (Å²) in [5.74, 6) is -0.871. The second kappa shape index (κ2) is 4.78. The molecule has 0 spiro atoms. The predicted octanol–water partition coefficient (Wildman–Crippen LogP) is 3.18. The number of hydrogen-bond donors (Lipinski definition) is 1. The Hall–Kier alpha value is -1.51. The lowest BCUT2D eigenvalue weighted by molar-refractivity contribution is 0.0697. The van der Waals surface area contributed by atoms with Gasteiger partial charge in [-0.05, 0) is 24.5 Å². The number of nitrogens with zero attached hydrogens (tertiary/aromatic N) is 1. The Morgan fingerprint density at radius 3 is 2.41 bits per heavy atom. The van der Waals surface area contributed by atoms with Crippen molar-refractivity contribution in [1.29, 1.82) is 0 Å². The number of carboxylic acid groups (broad SMARTS) is 1. The van der Waals surface area contributed by atoms with Crippen molar-refractivity contribution in [3.05, 3.63) is 29.3 Å². The molecule has 94 valence electrons. The first-order chi connectivity index (χ1) is 7.70. The summed E-state index contributed by atoms with van der Waals surface area (Å²) in [4.78, 5) is 13.2. The molecule has 0 unspecified atom stereocenters. The van der Waals surface area contributed by atoms with E-state index in [1.807, 2.05) is 31.0 Å². The van der Waals surface area contributed by atoms with Gasteiger partial charge in [0.15, 0.2) is 0 Å². The van der Waals surface area contributed by atoms with Gasteiger partial charge in [-0.3, -0.25) is 0 Å². The van der Waals surface area contributed by atoms with Gasteiger partial charge >= 0.3 is 5.97 Å². The van der Waals surface area contributed by atoms with Crippen LogP contribution in [0.5, 0.6) is 0 Å². The van der Waals surface area contributed by atoms with E-state index in [4.69, 9.17) is 0 Å². The molecule has 1 rings (SSSR count). The van der Waals surface area contributed by atoms with E-state index in [1.54, 1.807) is 6.07 Å². The summed E-state index contributed by atoms with van der Waals surface area (Å²) >= 11 is 0. The molecule has 0 bridgehead atoms. The molecule has 0 atom stereocenters.